The molecule has 1 fully saturated rings. The number of amides is 1. The smallest absolute Gasteiger partial charge is 0.251 e. The van der Waals surface area contributed by atoms with Gasteiger partial charge in [0, 0.05) is 37.8 Å². The molecule has 1 aliphatic rings. The monoisotopic (exact) mass is 420 g/mol. The molecule has 1 aliphatic heterocycles. The largest absolute Gasteiger partial charge is 0.493 e. The molecule has 2 aromatic rings. The van der Waals surface area contributed by atoms with Crippen LogP contribution in [0.4, 0.5) is 5.82 Å². The highest BCUT2D eigenvalue weighted by atomic mass is 35.5. The zero-order valence-electron chi connectivity index (χ0n) is 17.4. The molecule has 1 aromatic carbocycles. The normalized spacial score (nSPS) is 16.8. The molecule has 7 nitrogen and oxygen atoms in total. The van der Waals surface area contributed by atoms with Crippen LogP contribution in [0.5, 0.6) is 11.5 Å². The number of aryl methyl sites for hydroxylation is 1. The first-order chi connectivity index (χ1) is 13.9. The van der Waals surface area contributed by atoms with Crippen molar-refractivity contribution in [2.24, 2.45) is 13.0 Å². The molecule has 0 unspecified atom stereocenters. The van der Waals surface area contributed by atoms with E-state index in [1.54, 1.807) is 25.4 Å². The number of halogens is 1. The highest BCUT2D eigenvalue weighted by molar-refractivity contribution is 6.32. The van der Waals surface area contributed by atoms with E-state index in [0.717, 1.165) is 31.7 Å². The van der Waals surface area contributed by atoms with E-state index < -0.39 is 0 Å². The molecule has 1 N–H and O–H groups in total. The first kappa shape index (κ1) is 21.3. The maximum atomic E-state index is 12.9. The highest BCUT2D eigenvalue weighted by Crippen LogP contribution is 2.36. The summed E-state index contributed by atoms with van der Waals surface area (Å²) in [6, 6.07) is 5.35. The molecule has 1 atom stereocenters. The second-order valence-corrected chi connectivity index (χ2v) is 8.17. The van der Waals surface area contributed by atoms with Gasteiger partial charge >= 0.3 is 0 Å². The van der Waals surface area contributed by atoms with Gasteiger partial charge in [-0.05, 0) is 30.9 Å². The van der Waals surface area contributed by atoms with Crippen molar-refractivity contribution < 1.29 is 14.3 Å². The Morgan fingerprint density at radius 2 is 2.21 bits per heavy atom. The Morgan fingerprint density at radius 3 is 2.86 bits per heavy atom. The lowest BCUT2D eigenvalue weighted by Gasteiger charge is -2.34. The van der Waals surface area contributed by atoms with Crippen molar-refractivity contribution >= 4 is 23.3 Å². The minimum Gasteiger partial charge on any atom is -0.493 e. The van der Waals surface area contributed by atoms with Gasteiger partial charge in [-0.3, -0.25) is 9.48 Å². The van der Waals surface area contributed by atoms with Gasteiger partial charge in [0.2, 0.25) is 0 Å². The Labute approximate surface area is 176 Å². The lowest BCUT2D eigenvalue weighted by molar-refractivity contribution is 0.0932. The SMILES string of the molecule is COc1cc(C(=O)N[C@@H]2CCCN(c3ccnn3C)C2)cc(Cl)c1OCC(C)C. The van der Waals surface area contributed by atoms with E-state index in [4.69, 9.17) is 21.1 Å². The first-order valence-electron chi connectivity index (χ1n) is 9.93. The summed E-state index contributed by atoms with van der Waals surface area (Å²) >= 11 is 6.39. The number of carbonyl (C=O) groups excluding carboxylic acids is 1. The summed E-state index contributed by atoms with van der Waals surface area (Å²) in [4.78, 5) is 15.1. The average Bonchev–Trinajstić information content (AvgIpc) is 3.12. The fraction of sp³-hybridized carbons (Fsp3) is 0.524. The van der Waals surface area contributed by atoms with Gasteiger partial charge in [-0.1, -0.05) is 25.4 Å². The number of hydrogen-bond donors (Lipinski definition) is 1. The van der Waals surface area contributed by atoms with Crippen LogP contribution in [-0.4, -0.2) is 48.5 Å². The van der Waals surface area contributed by atoms with E-state index in [-0.39, 0.29) is 11.9 Å². The topological polar surface area (TPSA) is 68.6 Å². The number of nitrogens with one attached hydrogen (secondary N) is 1. The van der Waals surface area contributed by atoms with E-state index >= 15 is 0 Å². The molecular weight excluding hydrogens is 392 g/mol. The number of hydrogen-bond acceptors (Lipinski definition) is 5. The molecular formula is C21H29ClN4O3. The van der Waals surface area contributed by atoms with Gasteiger partial charge in [0.25, 0.3) is 5.91 Å². The molecule has 29 heavy (non-hydrogen) atoms. The molecule has 2 heterocycles. The van der Waals surface area contributed by atoms with Crippen LogP contribution in [0, 0.1) is 5.92 Å². The fourth-order valence-corrected chi connectivity index (χ4v) is 3.76. The number of carbonyl (C=O) groups is 1. The van der Waals surface area contributed by atoms with Crippen LogP contribution in [0.2, 0.25) is 5.02 Å². The van der Waals surface area contributed by atoms with Crippen molar-refractivity contribution in [1.82, 2.24) is 15.1 Å². The van der Waals surface area contributed by atoms with Crippen LogP contribution >= 0.6 is 11.6 Å². The maximum Gasteiger partial charge on any atom is 0.251 e. The van der Waals surface area contributed by atoms with Crippen LogP contribution in [0.3, 0.4) is 0 Å². The van der Waals surface area contributed by atoms with Crippen molar-refractivity contribution in [2.45, 2.75) is 32.7 Å². The van der Waals surface area contributed by atoms with Crippen LogP contribution in [0.25, 0.3) is 0 Å². The number of aromatic nitrogens is 2. The molecule has 0 aliphatic carbocycles. The van der Waals surface area contributed by atoms with E-state index in [2.05, 4.69) is 29.2 Å². The summed E-state index contributed by atoms with van der Waals surface area (Å²) in [6.07, 6.45) is 3.72. The van der Waals surface area contributed by atoms with E-state index in [1.165, 1.54) is 0 Å². The zero-order valence-corrected chi connectivity index (χ0v) is 18.2. The number of nitrogens with zero attached hydrogens (tertiary/aromatic N) is 3. The lowest BCUT2D eigenvalue weighted by Crippen LogP contribution is -2.48. The third kappa shape index (κ3) is 5.15. The summed E-state index contributed by atoms with van der Waals surface area (Å²) in [5, 5.41) is 7.74. The Kier molecular flexibility index (Phi) is 6.90. The zero-order chi connectivity index (χ0) is 21.0. The van der Waals surface area contributed by atoms with Gasteiger partial charge in [-0.15, -0.1) is 0 Å². The highest BCUT2D eigenvalue weighted by Gasteiger charge is 2.24. The molecule has 158 valence electrons. The second kappa shape index (κ2) is 9.39. The summed E-state index contributed by atoms with van der Waals surface area (Å²) in [7, 11) is 3.47. The van der Waals surface area contributed by atoms with Crippen molar-refractivity contribution in [3.05, 3.63) is 35.0 Å². The van der Waals surface area contributed by atoms with Gasteiger partial charge in [-0.2, -0.15) is 5.10 Å². The number of rotatable bonds is 7. The third-order valence-corrected chi connectivity index (χ3v) is 5.21. The Morgan fingerprint density at radius 1 is 1.41 bits per heavy atom. The van der Waals surface area contributed by atoms with Crippen LogP contribution < -0.4 is 19.7 Å². The fourth-order valence-electron chi connectivity index (χ4n) is 3.49. The molecule has 1 aromatic heterocycles. The van der Waals surface area contributed by atoms with Crippen molar-refractivity contribution in [1.29, 1.82) is 0 Å². The summed E-state index contributed by atoms with van der Waals surface area (Å²) in [6.45, 7) is 6.33. The summed E-state index contributed by atoms with van der Waals surface area (Å²) in [5.74, 6) is 2.17. The number of anilines is 1. The van der Waals surface area contributed by atoms with Gasteiger partial charge in [-0.25, -0.2) is 0 Å². The minimum absolute atomic E-state index is 0.0489. The molecule has 0 radical (unpaired) electrons. The Balaban J connectivity index is 1.70. The number of benzene rings is 1. The lowest BCUT2D eigenvalue weighted by atomic mass is 10.0. The molecule has 0 saturated carbocycles. The van der Waals surface area contributed by atoms with E-state index in [0.29, 0.717) is 34.6 Å². The Hall–Kier alpha value is -2.41. The standard InChI is InChI=1S/C21H29ClN4O3/c1-14(2)13-29-20-17(22)10-15(11-18(20)28-4)21(27)24-16-6-5-9-26(12-16)19-7-8-23-25(19)3/h7-8,10-11,14,16H,5-6,9,12-13H2,1-4H3,(H,24,27)/t16-/m1/s1. The predicted molar refractivity (Wildman–Crippen MR) is 114 cm³/mol. The number of methoxy groups -OCH3 is 1. The van der Waals surface area contributed by atoms with Gasteiger partial charge in [0.1, 0.15) is 5.82 Å². The molecule has 0 bridgehead atoms. The van der Waals surface area contributed by atoms with Gasteiger partial charge in [0.15, 0.2) is 11.5 Å². The van der Waals surface area contributed by atoms with Crippen LogP contribution in [0.1, 0.15) is 37.0 Å². The van der Waals surface area contributed by atoms with Crippen LogP contribution in [0.15, 0.2) is 24.4 Å². The van der Waals surface area contributed by atoms with Crippen molar-refractivity contribution in [2.75, 3.05) is 31.7 Å². The molecule has 1 amide bonds. The van der Waals surface area contributed by atoms with E-state index in [1.807, 2.05) is 17.8 Å². The number of ether oxygens (including phenoxy) is 2. The molecule has 0 spiro atoms. The van der Waals surface area contributed by atoms with Crippen molar-refractivity contribution in [3.8, 4) is 11.5 Å². The molecule has 8 heteroatoms. The van der Waals surface area contributed by atoms with Gasteiger partial charge in [0.05, 0.1) is 24.9 Å². The number of piperidine rings is 1. The quantitative estimate of drug-likeness (QED) is 0.742. The molecule has 1 saturated heterocycles. The first-order valence-corrected chi connectivity index (χ1v) is 10.3. The minimum atomic E-state index is -0.169. The van der Waals surface area contributed by atoms with Gasteiger partial charge < -0.3 is 19.7 Å². The Bertz CT molecular complexity index is 852. The average molecular weight is 421 g/mol. The van der Waals surface area contributed by atoms with Crippen molar-refractivity contribution in [3.63, 3.8) is 0 Å². The van der Waals surface area contributed by atoms with Crippen LogP contribution in [-0.2, 0) is 7.05 Å². The summed E-state index contributed by atoms with van der Waals surface area (Å²) < 4.78 is 13.0. The molecule has 3 rings (SSSR count). The predicted octanol–water partition coefficient (Wildman–Crippen LogP) is 3.52. The third-order valence-electron chi connectivity index (χ3n) is 4.93. The maximum absolute atomic E-state index is 12.9. The summed E-state index contributed by atoms with van der Waals surface area (Å²) in [5.41, 5.74) is 0.460. The second-order valence-electron chi connectivity index (χ2n) is 7.77. The van der Waals surface area contributed by atoms with E-state index in [9.17, 15) is 4.79 Å².